The molecule has 2 aromatic heterocycles. The van der Waals surface area contributed by atoms with Gasteiger partial charge in [0.05, 0.1) is 27.6 Å². The Morgan fingerprint density at radius 2 is 1.92 bits per heavy atom. The molecule has 2 aromatic carbocycles. The van der Waals surface area contributed by atoms with E-state index in [1.807, 2.05) is 0 Å². The molecule has 1 atom stereocenters. The number of anilines is 1. The van der Waals surface area contributed by atoms with Crippen LogP contribution in [-0.2, 0) is 21.4 Å². The highest BCUT2D eigenvalue weighted by Gasteiger charge is 2.36. The van der Waals surface area contributed by atoms with E-state index in [0.717, 1.165) is 12.1 Å². The summed E-state index contributed by atoms with van der Waals surface area (Å²) >= 11 is 1.21. The molecule has 0 bridgehead atoms. The summed E-state index contributed by atoms with van der Waals surface area (Å²) in [5.41, 5.74) is 0.581. The summed E-state index contributed by atoms with van der Waals surface area (Å²) in [5, 5.41) is 4.61. The second-order valence-corrected chi connectivity index (χ2v) is 11.5. The third kappa shape index (κ3) is 5.01. The second kappa shape index (κ2) is 10.0. The van der Waals surface area contributed by atoms with Crippen LogP contribution in [0.1, 0.15) is 12.8 Å². The molecule has 12 heteroatoms. The lowest BCUT2D eigenvalue weighted by molar-refractivity contribution is -0.123. The fourth-order valence-electron chi connectivity index (χ4n) is 4.28. The van der Waals surface area contributed by atoms with Gasteiger partial charge in [0.15, 0.2) is 5.13 Å². The molecule has 0 N–H and O–H groups in total. The topological polar surface area (TPSA) is 88.4 Å². The van der Waals surface area contributed by atoms with Crippen LogP contribution in [0.5, 0.6) is 0 Å². The van der Waals surface area contributed by atoms with Gasteiger partial charge < -0.3 is 0 Å². The summed E-state index contributed by atoms with van der Waals surface area (Å²) in [6, 6.07) is 10.7. The molecule has 0 saturated carbocycles. The van der Waals surface area contributed by atoms with Crippen LogP contribution in [0.2, 0.25) is 0 Å². The van der Waals surface area contributed by atoms with Crippen molar-refractivity contribution in [2.75, 3.05) is 24.5 Å². The highest BCUT2D eigenvalue weighted by Crippen LogP contribution is 2.32. The minimum atomic E-state index is -3.88. The van der Waals surface area contributed by atoms with E-state index in [9.17, 15) is 22.0 Å². The van der Waals surface area contributed by atoms with Crippen molar-refractivity contribution in [2.45, 2.75) is 24.3 Å². The minimum absolute atomic E-state index is 0.0103. The maximum Gasteiger partial charge on any atom is 0.243 e. The van der Waals surface area contributed by atoms with Crippen molar-refractivity contribution in [3.63, 3.8) is 0 Å². The Balaban J connectivity index is 1.41. The number of hydrogen-bond donors (Lipinski definition) is 0. The Morgan fingerprint density at radius 1 is 1.14 bits per heavy atom. The zero-order valence-electron chi connectivity index (χ0n) is 19.1. The molecule has 3 heterocycles. The summed E-state index contributed by atoms with van der Waals surface area (Å²) in [5.74, 6) is -1.75. The lowest BCUT2D eigenvalue weighted by Crippen LogP contribution is -2.47. The number of benzene rings is 2. The Labute approximate surface area is 210 Å². The molecule has 4 aromatic rings. The molecule has 0 radical (unpaired) electrons. The highest BCUT2D eigenvalue weighted by atomic mass is 32.2. The fraction of sp³-hybridized carbons (Fsp3) is 0.292. The van der Waals surface area contributed by atoms with Crippen LogP contribution in [0.4, 0.5) is 13.9 Å². The Bertz CT molecular complexity index is 1470. The van der Waals surface area contributed by atoms with Crippen molar-refractivity contribution >= 4 is 42.6 Å². The summed E-state index contributed by atoms with van der Waals surface area (Å²) in [6.45, 7) is 0.963. The lowest BCUT2D eigenvalue weighted by Gasteiger charge is -2.33. The molecule has 1 unspecified atom stereocenters. The first kappa shape index (κ1) is 24.5. The lowest BCUT2D eigenvalue weighted by atomic mass is 9.98. The number of aromatic nitrogens is 3. The van der Waals surface area contributed by atoms with Crippen molar-refractivity contribution < 1.29 is 22.0 Å². The number of rotatable bonds is 7. The molecule has 1 amide bonds. The van der Waals surface area contributed by atoms with Crippen molar-refractivity contribution in [3.8, 4) is 0 Å². The quantitative estimate of drug-likeness (QED) is 0.361. The summed E-state index contributed by atoms with van der Waals surface area (Å²) in [4.78, 5) is 19.9. The number of nitrogens with zero attached hydrogens (tertiary/aromatic N) is 5. The number of halogens is 2. The molecule has 1 saturated heterocycles. The third-order valence-corrected chi connectivity index (χ3v) is 9.05. The average molecular weight is 532 g/mol. The van der Waals surface area contributed by atoms with E-state index >= 15 is 0 Å². The van der Waals surface area contributed by atoms with Gasteiger partial charge in [-0.05, 0) is 61.4 Å². The monoisotopic (exact) mass is 531 g/mol. The molecule has 36 heavy (non-hydrogen) atoms. The molecule has 1 fully saturated rings. The minimum Gasteiger partial charge on any atom is -0.286 e. The van der Waals surface area contributed by atoms with E-state index in [1.54, 1.807) is 34.1 Å². The summed E-state index contributed by atoms with van der Waals surface area (Å²) in [6.07, 6.45) is 4.46. The molecule has 0 aliphatic carbocycles. The number of piperidine rings is 1. The number of carbonyl (C=O) groups excluding carboxylic acids is 1. The van der Waals surface area contributed by atoms with Gasteiger partial charge in [0.25, 0.3) is 0 Å². The fourth-order valence-corrected chi connectivity index (χ4v) is 6.82. The predicted octanol–water partition coefficient (Wildman–Crippen LogP) is 3.91. The standard InChI is InChI=1S/C24H23F2N5O3S2/c25-18-4-7-20(8-5-18)36(33,34)30-12-1-3-17(16-30)23(32)31(14-13-29-11-2-10-27-29)24-28-21-9-6-19(26)15-22(21)35-24/h2,4-11,15,17H,1,3,12-14,16H2. The van der Waals surface area contributed by atoms with E-state index < -0.39 is 21.8 Å². The van der Waals surface area contributed by atoms with E-state index in [4.69, 9.17) is 0 Å². The Morgan fingerprint density at radius 3 is 2.67 bits per heavy atom. The van der Waals surface area contributed by atoms with E-state index in [1.165, 1.54) is 39.9 Å². The van der Waals surface area contributed by atoms with Crippen molar-refractivity contribution in [2.24, 2.45) is 5.92 Å². The van der Waals surface area contributed by atoms with Crippen LogP contribution >= 0.6 is 11.3 Å². The predicted molar refractivity (Wildman–Crippen MR) is 132 cm³/mol. The molecule has 0 spiro atoms. The van der Waals surface area contributed by atoms with Gasteiger partial charge in [-0.2, -0.15) is 9.40 Å². The van der Waals surface area contributed by atoms with Crippen LogP contribution in [0.15, 0.2) is 65.8 Å². The Kier molecular flexibility index (Phi) is 6.82. The normalized spacial score (nSPS) is 16.9. The van der Waals surface area contributed by atoms with Crippen molar-refractivity contribution in [1.29, 1.82) is 0 Å². The van der Waals surface area contributed by atoms with Gasteiger partial charge in [0.2, 0.25) is 15.9 Å². The first-order valence-corrected chi connectivity index (χ1v) is 13.7. The molecule has 8 nitrogen and oxygen atoms in total. The number of thiazole rings is 1. The maximum atomic E-state index is 13.8. The first-order chi connectivity index (χ1) is 17.3. The largest absolute Gasteiger partial charge is 0.286 e. The molecule has 1 aliphatic rings. The molecule has 5 rings (SSSR count). The van der Waals surface area contributed by atoms with E-state index in [0.29, 0.717) is 34.7 Å². The zero-order chi connectivity index (χ0) is 25.3. The molecule has 188 valence electrons. The first-order valence-electron chi connectivity index (χ1n) is 11.4. The van der Waals surface area contributed by atoms with Gasteiger partial charge in [0.1, 0.15) is 11.6 Å². The van der Waals surface area contributed by atoms with Crippen LogP contribution in [0.3, 0.4) is 0 Å². The number of amides is 1. The van der Waals surface area contributed by atoms with Gasteiger partial charge in [-0.25, -0.2) is 22.2 Å². The second-order valence-electron chi connectivity index (χ2n) is 8.52. The van der Waals surface area contributed by atoms with Crippen molar-refractivity contribution in [1.82, 2.24) is 19.1 Å². The number of fused-ring (bicyclic) bond motifs is 1. The van der Waals surface area contributed by atoms with Gasteiger partial charge in [-0.3, -0.25) is 14.4 Å². The molecule has 1 aliphatic heterocycles. The van der Waals surface area contributed by atoms with E-state index in [2.05, 4.69) is 10.1 Å². The number of carbonyl (C=O) groups is 1. The average Bonchev–Trinajstić information content (AvgIpc) is 3.54. The number of hydrogen-bond acceptors (Lipinski definition) is 6. The zero-order valence-corrected chi connectivity index (χ0v) is 20.8. The van der Waals surface area contributed by atoms with Crippen LogP contribution < -0.4 is 4.90 Å². The highest BCUT2D eigenvalue weighted by molar-refractivity contribution is 7.89. The van der Waals surface area contributed by atoms with Crippen molar-refractivity contribution in [3.05, 3.63) is 72.6 Å². The van der Waals surface area contributed by atoms with Gasteiger partial charge >= 0.3 is 0 Å². The Hall–Kier alpha value is -3.22. The smallest absolute Gasteiger partial charge is 0.243 e. The summed E-state index contributed by atoms with van der Waals surface area (Å²) in [7, 11) is -3.88. The summed E-state index contributed by atoms with van der Waals surface area (Å²) < 4.78 is 57.0. The molecular weight excluding hydrogens is 508 g/mol. The van der Waals surface area contributed by atoms with Crippen LogP contribution in [0.25, 0.3) is 10.2 Å². The molecular formula is C24H23F2N5O3S2. The van der Waals surface area contributed by atoms with Crippen LogP contribution in [0, 0.1) is 17.6 Å². The third-order valence-electron chi connectivity index (χ3n) is 6.13. The van der Waals surface area contributed by atoms with Gasteiger partial charge in [-0.1, -0.05) is 11.3 Å². The van der Waals surface area contributed by atoms with E-state index in [-0.39, 0.29) is 36.3 Å². The van der Waals surface area contributed by atoms with Gasteiger partial charge in [-0.15, -0.1) is 0 Å². The number of sulfonamides is 1. The maximum absolute atomic E-state index is 13.8. The SMILES string of the molecule is O=C(C1CCCN(S(=O)(=O)c2ccc(F)cc2)C1)N(CCn1cccn1)c1nc2ccc(F)cc2s1. The van der Waals surface area contributed by atoms with Gasteiger partial charge in [0, 0.05) is 32.0 Å². The van der Waals surface area contributed by atoms with Crippen LogP contribution in [-0.4, -0.2) is 53.0 Å².